The van der Waals surface area contributed by atoms with Gasteiger partial charge in [-0.2, -0.15) is 0 Å². The van der Waals surface area contributed by atoms with Crippen LogP contribution < -0.4 is 10.2 Å². The Labute approximate surface area is 94.0 Å². The van der Waals surface area contributed by atoms with Gasteiger partial charge < -0.3 is 15.0 Å². The summed E-state index contributed by atoms with van der Waals surface area (Å²) >= 11 is 6.15. The largest absolute Gasteiger partial charge is 0.380 e. The van der Waals surface area contributed by atoms with Gasteiger partial charge in [0.1, 0.15) is 0 Å². The number of nitrogens with zero attached hydrogens (tertiary/aromatic N) is 1. The summed E-state index contributed by atoms with van der Waals surface area (Å²) in [7, 11) is 0. The van der Waals surface area contributed by atoms with Gasteiger partial charge in [-0.25, -0.2) is 0 Å². The third-order valence-corrected chi connectivity index (χ3v) is 3.36. The molecule has 1 N–H and O–H groups in total. The van der Waals surface area contributed by atoms with Gasteiger partial charge in [-0.15, -0.1) is 0 Å². The minimum absolute atomic E-state index is 0.449. The second kappa shape index (κ2) is 3.58. The summed E-state index contributed by atoms with van der Waals surface area (Å²) in [5.74, 6) is 0. The number of rotatable bonds is 0. The van der Waals surface area contributed by atoms with Crippen molar-refractivity contribution >= 4 is 23.0 Å². The summed E-state index contributed by atoms with van der Waals surface area (Å²) < 4.78 is 5.47. The lowest BCUT2D eigenvalue weighted by Crippen LogP contribution is -2.51. The number of hydrogen-bond donors (Lipinski definition) is 1. The fourth-order valence-electron chi connectivity index (χ4n) is 2.29. The molecule has 0 spiro atoms. The molecule has 0 bridgehead atoms. The molecule has 2 aliphatic rings. The maximum absolute atomic E-state index is 6.15. The summed E-state index contributed by atoms with van der Waals surface area (Å²) in [5, 5.41) is 4.18. The molecule has 3 nitrogen and oxygen atoms in total. The summed E-state index contributed by atoms with van der Waals surface area (Å²) in [6, 6.07) is 6.49. The molecule has 3 rings (SSSR count). The van der Waals surface area contributed by atoms with Gasteiger partial charge in [0.2, 0.25) is 0 Å². The number of hydrogen-bond acceptors (Lipinski definition) is 3. The summed E-state index contributed by atoms with van der Waals surface area (Å²) in [5.41, 5.74) is 2.28. The maximum atomic E-state index is 6.15. The van der Waals surface area contributed by atoms with Crippen LogP contribution in [-0.4, -0.2) is 32.3 Å². The van der Waals surface area contributed by atoms with Gasteiger partial charge in [0.15, 0.2) is 0 Å². The average molecular weight is 225 g/mol. The van der Waals surface area contributed by atoms with Crippen molar-refractivity contribution in [2.75, 3.05) is 36.5 Å². The van der Waals surface area contributed by atoms with E-state index in [0.29, 0.717) is 6.04 Å². The van der Waals surface area contributed by atoms with E-state index >= 15 is 0 Å². The molecule has 2 heterocycles. The van der Waals surface area contributed by atoms with E-state index in [0.717, 1.165) is 37.0 Å². The smallest absolute Gasteiger partial charge is 0.0768 e. The molecule has 15 heavy (non-hydrogen) atoms. The molecule has 1 saturated heterocycles. The van der Waals surface area contributed by atoms with Crippen molar-refractivity contribution in [2.24, 2.45) is 0 Å². The second-order valence-corrected chi connectivity index (χ2v) is 4.34. The van der Waals surface area contributed by atoms with Crippen molar-refractivity contribution in [3.63, 3.8) is 0 Å². The van der Waals surface area contributed by atoms with Crippen molar-refractivity contribution in [1.29, 1.82) is 0 Å². The normalized spacial score (nSPS) is 24.1. The third kappa shape index (κ3) is 1.46. The number of morpholine rings is 1. The highest BCUT2D eigenvalue weighted by Crippen LogP contribution is 2.37. The molecule has 1 unspecified atom stereocenters. The van der Waals surface area contributed by atoms with E-state index in [9.17, 15) is 0 Å². The molecule has 1 aromatic rings. The van der Waals surface area contributed by atoms with Crippen LogP contribution in [0, 0.1) is 0 Å². The first-order chi connectivity index (χ1) is 7.36. The van der Waals surface area contributed by atoms with Gasteiger partial charge >= 0.3 is 0 Å². The molecular formula is C11H13ClN2O. The van der Waals surface area contributed by atoms with E-state index in [4.69, 9.17) is 16.3 Å². The Balaban J connectivity index is 2.03. The Hall–Kier alpha value is -0.930. The van der Waals surface area contributed by atoms with Gasteiger partial charge in [0.05, 0.1) is 35.7 Å². The Morgan fingerprint density at radius 3 is 3.33 bits per heavy atom. The Bertz CT molecular complexity index is 383. The molecule has 4 heteroatoms. The first-order valence-electron chi connectivity index (χ1n) is 5.23. The molecule has 0 aromatic heterocycles. The van der Waals surface area contributed by atoms with E-state index in [2.05, 4.69) is 16.3 Å². The number of benzene rings is 1. The molecule has 2 aliphatic heterocycles. The minimum Gasteiger partial charge on any atom is -0.380 e. The predicted molar refractivity (Wildman–Crippen MR) is 61.9 cm³/mol. The molecule has 0 radical (unpaired) electrons. The van der Waals surface area contributed by atoms with Gasteiger partial charge in [-0.3, -0.25) is 0 Å². The highest BCUT2D eigenvalue weighted by atomic mass is 35.5. The van der Waals surface area contributed by atoms with E-state index in [-0.39, 0.29) is 0 Å². The Morgan fingerprint density at radius 1 is 1.47 bits per heavy atom. The van der Waals surface area contributed by atoms with Crippen LogP contribution in [0.1, 0.15) is 0 Å². The van der Waals surface area contributed by atoms with Crippen molar-refractivity contribution in [2.45, 2.75) is 6.04 Å². The molecule has 1 fully saturated rings. The first kappa shape index (κ1) is 9.31. The number of nitrogens with one attached hydrogen (secondary N) is 1. The van der Waals surface area contributed by atoms with Gasteiger partial charge in [0, 0.05) is 13.1 Å². The lowest BCUT2D eigenvalue weighted by atomic mass is 10.1. The fourth-order valence-corrected chi connectivity index (χ4v) is 2.52. The van der Waals surface area contributed by atoms with Crippen molar-refractivity contribution in [1.82, 2.24) is 0 Å². The van der Waals surface area contributed by atoms with E-state index in [1.165, 1.54) is 5.69 Å². The zero-order chi connectivity index (χ0) is 10.3. The van der Waals surface area contributed by atoms with Crippen LogP contribution in [0.15, 0.2) is 18.2 Å². The predicted octanol–water partition coefficient (Wildman–Crippen LogP) is 1.97. The lowest BCUT2D eigenvalue weighted by molar-refractivity contribution is 0.0964. The second-order valence-electron chi connectivity index (χ2n) is 3.94. The highest BCUT2D eigenvalue weighted by Gasteiger charge is 2.29. The highest BCUT2D eigenvalue weighted by molar-refractivity contribution is 6.34. The zero-order valence-corrected chi connectivity index (χ0v) is 9.13. The first-order valence-corrected chi connectivity index (χ1v) is 5.61. The van der Waals surface area contributed by atoms with Gasteiger partial charge in [0.25, 0.3) is 0 Å². The Kier molecular flexibility index (Phi) is 2.22. The quantitative estimate of drug-likeness (QED) is 0.729. The van der Waals surface area contributed by atoms with E-state index in [1.807, 2.05) is 12.1 Å². The molecule has 0 saturated carbocycles. The number of halogens is 1. The SMILES string of the molecule is Clc1cccc2c1NCC1COCCN21. The fraction of sp³-hybridized carbons (Fsp3) is 0.455. The van der Waals surface area contributed by atoms with Crippen LogP contribution >= 0.6 is 11.6 Å². The van der Waals surface area contributed by atoms with Gasteiger partial charge in [-0.1, -0.05) is 17.7 Å². The monoisotopic (exact) mass is 224 g/mol. The molecular weight excluding hydrogens is 212 g/mol. The van der Waals surface area contributed by atoms with E-state index in [1.54, 1.807) is 0 Å². The van der Waals surface area contributed by atoms with Crippen LogP contribution in [0.25, 0.3) is 0 Å². The zero-order valence-electron chi connectivity index (χ0n) is 8.37. The summed E-state index contributed by atoms with van der Waals surface area (Å²) in [4.78, 5) is 2.39. The molecule has 0 amide bonds. The number of ether oxygens (including phenoxy) is 1. The lowest BCUT2D eigenvalue weighted by Gasteiger charge is -2.42. The van der Waals surface area contributed by atoms with Crippen LogP contribution in [0.3, 0.4) is 0 Å². The van der Waals surface area contributed by atoms with Crippen molar-refractivity contribution < 1.29 is 4.74 Å². The van der Waals surface area contributed by atoms with Crippen LogP contribution in [0.5, 0.6) is 0 Å². The number of para-hydroxylation sites is 1. The standard InChI is InChI=1S/C11H13ClN2O/c12-9-2-1-3-10-11(9)13-6-8-7-15-5-4-14(8)10/h1-3,8,13H,4-7H2. The van der Waals surface area contributed by atoms with Crippen LogP contribution in [0.4, 0.5) is 11.4 Å². The van der Waals surface area contributed by atoms with Crippen LogP contribution in [-0.2, 0) is 4.74 Å². The summed E-state index contributed by atoms with van der Waals surface area (Å²) in [6.45, 7) is 3.48. The minimum atomic E-state index is 0.449. The van der Waals surface area contributed by atoms with Crippen molar-refractivity contribution in [3.8, 4) is 0 Å². The molecule has 80 valence electrons. The van der Waals surface area contributed by atoms with Gasteiger partial charge in [-0.05, 0) is 12.1 Å². The molecule has 1 atom stereocenters. The average Bonchev–Trinajstić information content (AvgIpc) is 2.29. The molecule has 0 aliphatic carbocycles. The summed E-state index contributed by atoms with van der Waals surface area (Å²) in [6.07, 6.45) is 0. The Morgan fingerprint density at radius 2 is 2.40 bits per heavy atom. The topological polar surface area (TPSA) is 24.5 Å². The number of fused-ring (bicyclic) bond motifs is 3. The maximum Gasteiger partial charge on any atom is 0.0768 e. The van der Waals surface area contributed by atoms with Crippen molar-refractivity contribution in [3.05, 3.63) is 23.2 Å². The van der Waals surface area contributed by atoms with Crippen LogP contribution in [0.2, 0.25) is 5.02 Å². The third-order valence-electron chi connectivity index (χ3n) is 3.04. The van der Waals surface area contributed by atoms with E-state index < -0.39 is 0 Å². The molecule has 1 aromatic carbocycles. The number of anilines is 2.